The topological polar surface area (TPSA) is 32.8 Å². The van der Waals surface area contributed by atoms with Crippen molar-refractivity contribution in [2.45, 2.75) is 26.3 Å². The summed E-state index contributed by atoms with van der Waals surface area (Å²) in [6, 6.07) is 22.9. The average molecular weight is 583 g/mol. The Morgan fingerprint density at radius 2 is 1.82 bits per heavy atom. The van der Waals surface area contributed by atoms with Crippen LogP contribution in [0.1, 0.15) is 20.3 Å². The lowest BCUT2D eigenvalue weighted by molar-refractivity contribution is 0.639. The molecule has 2 aromatic heterocycles. The molecule has 5 heteroatoms. The predicted molar refractivity (Wildman–Crippen MR) is 189 cm³/mol. The molecule has 3 aromatic carbocycles. The number of hydrogen-bond acceptors (Lipinski definition) is 4. The van der Waals surface area contributed by atoms with Gasteiger partial charge in [0.15, 0.2) is 0 Å². The Morgan fingerprint density at radius 3 is 2.60 bits per heavy atom. The largest absolute Gasteiger partial charge is 0.467 e. The number of allylic oxidation sites excluding steroid dienone is 9. The number of para-hydroxylation sites is 2. The van der Waals surface area contributed by atoms with Crippen LogP contribution >= 0.6 is 0 Å². The van der Waals surface area contributed by atoms with Crippen molar-refractivity contribution < 1.29 is 8.83 Å². The van der Waals surface area contributed by atoms with Crippen molar-refractivity contribution in [3.63, 3.8) is 0 Å². The van der Waals surface area contributed by atoms with Crippen molar-refractivity contribution in [1.82, 2.24) is 0 Å². The molecule has 0 saturated carbocycles. The molecule has 1 aliphatic carbocycles. The van der Waals surface area contributed by atoms with Gasteiger partial charge in [0, 0.05) is 27.9 Å². The minimum Gasteiger partial charge on any atom is -0.467 e. The number of benzene rings is 3. The molecule has 0 spiro atoms. The van der Waals surface area contributed by atoms with E-state index in [4.69, 9.17) is 15.3 Å². The number of anilines is 2. The fourth-order valence-electron chi connectivity index (χ4n) is 7.44. The van der Waals surface area contributed by atoms with Crippen LogP contribution in [0, 0.1) is 12.3 Å². The van der Waals surface area contributed by atoms with Crippen LogP contribution in [0.5, 0.6) is 0 Å². The number of rotatable bonds is 4. The van der Waals surface area contributed by atoms with Crippen molar-refractivity contribution in [1.29, 1.82) is 0 Å². The van der Waals surface area contributed by atoms with E-state index in [0.29, 0.717) is 0 Å². The summed E-state index contributed by atoms with van der Waals surface area (Å²) < 4.78 is 13.4. The van der Waals surface area contributed by atoms with E-state index in [2.05, 4.69) is 102 Å². The maximum Gasteiger partial charge on any atom is 0.292 e. The third-order valence-electron chi connectivity index (χ3n) is 9.16. The normalized spacial score (nSPS) is 19.8. The van der Waals surface area contributed by atoms with Crippen LogP contribution in [-0.2, 0) is 0 Å². The van der Waals surface area contributed by atoms with Crippen LogP contribution in [0.4, 0.5) is 11.4 Å². The highest BCUT2D eigenvalue weighted by Crippen LogP contribution is 2.50. The molecule has 1 atom stereocenters. The third kappa shape index (κ3) is 3.82. The zero-order chi connectivity index (χ0) is 30.7. The first kappa shape index (κ1) is 27.0. The first-order valence-electron chi connectivity index (χ1n) is 15.4. The molecular formula is C40H31BN2O2. The summed E-state index contributed by atoms with van der Waals surface area (Å²) in [5.41, 5.74) is 10.9. The minimum atomic E-state index is -0.112. The fourth-order valence-corrected chi connectivity index (χ4v) is 7.44. The van der Waals surface area contributed by atoms with Crippen LogP contribution in [0.2, 0.25) is 0 Å². The van der Waals surface area contributed by atoms with E-state index in [1.807, 2.05) is 49.4 Å². The van der Waals surface area contributed by atoms with Gasteiger partial charge in [-0.1, -0.05) is 79.3 Å². The predicted octanol–water partition coefficient (Wildman–Crippen LogP) is 9.14. The molecule has 8 rings (SSSR count). The van der Waals surface area contributed by atoms with Crippen LogP contribution in [-0.4, -0.2) is 12.8 Å². The summed E-state index contributed by atoms with van der Waals surface area (Å²) in [6.07, 6.45) is 23.9. The lowest BCUT2D eigenvalue weighted by atomic mass is 9.32. The number of furan rings is 2. The van der Waals surface area contributed by atoms with Gasteiger partial charge in [-0.3, -0.25) is 0 Å². The number of fused-ring (bicyclic) bond motifs is 8. The van der Waals surface area contributed by atoms with E-state index < -0.39 is 0 Å². The van der Waals surface area contributed by atoms with Gasteiger partial charge in [0.25, 0.3) is 6.71 Å². The molecule has 4 heterocycles. The molecule has 0 fully saturated rings. The molecule has 0 N–H and O–H groups in total. The van der Waals surface area contributed by atoms with E-state index in [1.165, 1.54) is 10.9 Å². The van der Waals surface area contributed by atoms with Gasteiger partial charge < -0.3 is 18.6 Å². The average Bonchev–Trinajstić information content (AvgIpc) is 3.65. The summed E-state index contributed by atoms with van der Waals surface area (Å²) in [5.74, 6) is 3.04. The molecule has 45 heavy (non-hydrogen) atoms. The second-order valence-corrected chi connectivity index (χ2v) is 11.5. The summed E-state index contributed by atoms with van der Waals surface area (Å²) >= 11 is 0. The van der Waals surface area contributed by atoms with E-state index in [1.54, 1.807) is 0 Å². The maximum absolute atomic E-state index is 7.15. The molecule has 5 aromatic rings. The summed E-state index contributed by atoms with van der Waals surface area (Å²) in [7, 11) is 0. The van der Waals surface area contributed by atoms with Gasteiger partial charge in [-0.15, -0.1) is 6.42 Å². The van der Waals surface area contributed by atoms with E-state index in [0.717, 1.165) is 73.5 Å². The SMILES string of the molecule is C#C/C(=C\C=C/C)N1c2c(oc3c2ccc2oc4ccccc4c23)B2C3=C(C=CCC31)N(c1ccccc1)C(=C/C=C)/C2=C\C. The van der Waals surface area contributed by atoms with E-state index >= 15 is 0 Å². The van der Waals surface area contributed by atoms with Gasteiger partial charge in [-0.05, 0) is 79.8 Å². The fraction of sp³-hybridized carbons (Fsp3) is 0.100. The lowest BCUT2D eigenvalue weighted by Gasteiger charge is -2.49. The Hall–Kier alpha value is -5.60. The molecule has 0 bridgehead atoms. The quantitative estimate of drug-likeness (QED) is 0.120. The van der Waals surface area contributed by atoms with Gasteiger partial charge in [0.1, 0.15) is 16.7 Å². The van der Waals surface area contributed by atoms with E-state index in [9.17, 15) is 0 Å². The van der Waals surface area contributed by atoms with Gasteiger partial charge >= 0.3 is 0 Å². The highest BCUT2D eigenvalue weighted by molar-refractivity contribution is 6.88. The highest BCUT2D eigenvalue weighted by atomic mass is 16.3. The summed E-state index contributed by atoms with van der Waals surface area (Å²) in [5, 5.41) is 3.04. The third-order valence-corrected chi connectivity index (χ3v) is 9.16. The molecule has 1 unspecified atom stereocenters. The smallest absolute Gasteiger partial charge is 0.292 e. The van der Waals surface area contributed by atoms with Crippen molar-refractivity contribution in [3.8, 4) is 12.3 Å². The van der Waals surface area contributed by atoms with Crippen molar-refractivity contribution in [2.75, 3.05) is 9.80 Å². The van der Waals surface area contributed by atoms with E-state index in [-0.39, 0.29) is 12.8 Å². The van der Waals surface area contributed by atoms with Crippen LogP contribution < -0.4 is 15.5 Å². The molecule has 0 radical (unpaired) electrons. The Balaban J connectivity index is 1.52. The molecule has 4 nitrogen and oxygen atoms in total. The van der Waals surface area contributed by atoms with Crippen LogP contribution in [0.25, 0.3) is 32.9 Å². The second kappa shape index (κ2) is 10.5. The first-order chi connectivity index (χ1) is 22.2. The Bertz CT molecular complexity index is 2260. The van der Waals surface area contributed by atoms with Crippen molar-refractivity contribution in [2.24, 2.45) is 0 Å². The summed E-state index contributed by atoms with van der Waals surface area (Å²) in [6.45, 7) is 8.11. The van der Waals surface area contributed by atoms with Gasteiger partial charge in [-0.2, -0.15) is 0 Å². The highest BCUT2D eigenvalue weighted by Gasteiger charge is 2.51. The first-order valence-corrected chi connectivity index (χ1v) is 15.4. The molecule has 0 amide bonds. The summed E-state index contributed by atoms with van der Waals surface area (Å²) in [4.78, 5) is 4.69. The Labute approximate surface area is 263 Å². The monoisotopic (exact) mass is 582 g/mol. The van der Waals surface area contributed by atoms with Gasteiger partial charge in [0.05, 0.1) is 28.5 Å². The van der Waals surface area contributed by atoms with Gasteiger partial charge in [0.2, 0.25) is 0 Å². The number of terminal acetylenes is 1. The lowest BCUT2D eigenvalue weighted by Crippen LogP contribution is -2.57. The maximum atomic E-state index is 7.15. The Morgan fingerprint density at radius 1 is 1.00 bits per heavy atom. The molecule has 2 aliphatic heterocycles. The van der Waals surface area contributed by atoms with Crippen LogP contribution in [0.3, 0.4) is 0 Å². The zero-order valence-corrected chi connectivity index (χ0v) is 25.3. The molecular weight excluding hydrogens is 551 g/mol. The molecule has 0 saturated heterocycles. The van der Waals surface area contributed by atoms with Gasteiger partial charge in [-0.25, -0.2) is 0 Å². The minimum absolute atomic E-state index is 0.0147. The Kier molecular flexibility index (Phi) is 6.32. The zero-order valence-electron chi connectivity index (χ0n) is 25.3. The van der Waals surface area contributed by atoms with Crippen molar-refractivity contribution in [3.05, 3.63) is 150 Å². The molecule has 216 valence electrons. The van der Waals surface area contributed by atoms with Crippen molar-refractivity contribution >= 4 is 56.7 Å². The molecule has 3 aliphatic rings. The van der Waals surface area contributed by atoms with Crippen LogP contribution in [0.15, 0.2) is 159 Å². The number of hydrogen-bond donors (Lipinski definition) is 0. The second-order valence-electron chi connectivity index (χ2n) is 11.5. The number of nitrogens with zero attached hydrogens (tertiary/aromatic N) is 2. The standard InChI is InChI=1S/C40H31BN2O2/c1-5-9-17-26(7-3)43-33-22-15-21-32-37(33)41(30(8-4)31(16-6-2)42(32)27-18-11-10-12-19-27)40-38(43)29-24-25-35-36(39(29)45-40)28-20-13-14-23-34(28)44-35/h3,5-6,8-21,23-25,33H,2,22H2,1,4H3/b9-5-,26-17+,30-8+,31-16+.